The summed E-state index contributed by atoms with van der Waals surface area (Å²) >= 11 is 0. The maximum absolute atomic E-state index is 13.2. The van der Waals surface area contributed by atoms with Crippen molar-refractivity contribution in [2.24, 2.45) is 0 Å². The van der Waals surface area contributed by atoms with E-state index in [9.17, 15) is 22.8 Å². The smallest absolute Gasteiger partial charge is 0.370 e. The number of aryl methyl sites for hydroxylation is 1. The van der Waals surface area contributed by atoms with Crippen molar-refractivity contribution in [1.82, 2.24) is 0 Å². The molecule has 0 aromatic heterocycles. The molecular formula is C24H26F3N3O2. The van der Waals surface area contributed by atoms with Gasteiger partial charge in [0.15, 0.2) is 0 Å². The molecule has 0 unspecified atom stereocenters. The molecule has 1 saturated heterocycles. The van der Waals surface area contributed by atoms with Crippen molar-refractivity contribution >= 4 is 28.9 Å². The summed E-state index contributed by atoms with van der Waals surface area (Å²) in [5.41, 5.74) is 2.89. The molecule has 32 heavy (non-hydrogen) atoms. The SMILES string of the molecule is O=C1Cc2cc(CCCC(=O)Nc3cc(C(F)(F)F)ccc3N3CCCCC3)ccc2N1. The largest absolute Gasteiger partial charge is 0.416 e. The Morgan fingerprint density at radius 2 is 1.84 bits per heavy atom. The van der Waals surface area contributed by atoms with E-state index in [2.05, 4.69) is 10.6 Å². The molecule has 0 spiro atoms. The van der Waals surface area contributed by atoms with Crippen molar-refractivity contribution in [2.75, 3.05) is 28.6 Å². The monoisotopic (exact) mass is 445 g/mol. The van der Waals surface area contributed by atoms with Gasteiger partial charge in [0.05, 0.1) is 23.4 Å². The second kappa shape index (κ2) is 9.22. The number of alkyl halides is 3. The molecular weight excluding hydrogens is 419 g/mol. The first-order chi connectivity index (χ1) is 15.3. The van der Waals surface area contributed by atoms with E-state index in [0.29, 0.717) is 24.9 Å². The first kappa shape index (κ1) is 22.2. The van der Waals surface area contributed by atoms with E-state index in [1.807, 2.05) is 23.1 Å². The Kier molecular flexibility index (Phi) is 6.39. The van der Waals surface area contributed by atoms with Crippen LogP contribution in [0.1, 0.15) is 48.8 Å². The molecule has 0 atom stereocenters. The van der Waals surface area contributed by atoms with Crippen LogP contribution in [0.3, 0.4) is 0 Å². The van der Waals surface area contributed by atoms with Crippen LogP contribution in [0.25, 0.3) is 0 Å². The normalized spacial score (nSPS) is 16.0. The summed E-state index contributed by atoms with van der Waals surface area (Å²) < 4.78 is 39.7. The van der Waals surface area contributed by atoms with E-state index in [0.717, 1.165) is 61.3 Å². The number of benzene rings is 2. The summed E-state index contributed by atoms with van der Waals surface area (Å²) in [6.45, 7) is 1.54. The van der Waals surface area contributed by atoms with Crippen LogP contribution in [0.5, 0.6) is 0 Å². The van der Waals surface area contributed by atoms with E-state index in [1.165, 1.54) is 6.07 Å². The third-order valence-corrected chi connectivity index (χ3v) is 5.96. The lowest BCUT2D eigenvalue weighted by atomic mass is 10.0. The minimum Gasteiger partial charge on any atom is -0.370 e. The van der Waals surface area contributed by atoms with Gasteiger partial charge in [-0.15, -0.1) is 0 Å². The van der Waals surface area contributed by atoms with Crippen molar-refractivity contribution in [3.63, 3.8) is 0 Å². The fourth-order valence-corrected chi connectivity index (χ4v) is 4.33. The van der Waals surface area contributed by atoms with Crippen LogP contribution in [0, 0.1) is 0 Å². The van der Waals surface area contributed by atoms with Crippen LogP contribution < -0.4 is 15.5 Å². The molecule has 2 aromatic rings. The number of amides is 2. The number of fused-ring (bicyclic) bond motifs is 1. The van der Waals surface area contributed by atoms with Crippen molar-refractivity contribution < 1.29 is 22.8 Å². The Balaban J connectivity index is 1.40. The number of carbonyl (C=O) groups excluding carboxylic acids is 2. The molecule has 1 fully saturated rings. The number of nitrogens with zero attached hydrogens (tertiary/aromatic N) is 1. The molecule has 0 saturated carbocycles. The number of halogens is 3. The number of piperidine rings is 1. The quantitative estimate of drug-likeness (QED) is 0.646. The van der Waals surface area contributed by atoms with Crippen molar-refractivity contribution in [3.05, 3.63) is 53.1 Å². The van der Waals surface area contributed by atoms with Crippen LogP contribution in [0.2, 0.25) is 0 Å². The number of nitrogens with one attached hydrogen (secondary N) is 2. The summed E-state index contributed by atoms with van der Waals surface area (Å²) in [5, 5.41) is 5.51. The van der Waals surface area contributed by atoms with E-state index >= 15 is 0 Å². The highest BCUT2D eigenvalue weighted by molar-refractivity contribution is 5.99. The van der Waals surface area contributed by atoms with Gasteiger partial charge in [0.25, 0.3) is 0 Å². The molecule has 8 heteroatoms. The molecule has 2 heterocycles. The Hall–Kier alpha value is -3.03. The van der Waals surface area contributed by atoms with Crippen LogP contribution in [0.4, 0.5) is 30.2 Å². The molecule has 2 aliphatic rings. The van der Waals surface area contributed by atoms with Gasteiger partial charge >= 0.3 is 6.18 Å². The molecule has 0 bridgehead atoms. The minimum absolute atomic E-state index is 0.0258. The molecule has 5 nitrogen and oxygen atoms in total. The number of rotatable bonds is 6. The predicted molar refractivity (Wildman–Crippen MR) is 118 cm³/mol. The fourth-order valence-electron chi connectivity index (χ4n) is 4.33. The summed E-state index contributed by atoms with van der Waals surface area (Å²) in [5.74, 6) is -0.331. The van der Waals surface area contributed by atoms with Gasteiger partial charge in [-0.3, -0.25) is 9.59 Å². The van der Waals surface area contributed by atoms with Crippen LogP contribution >= 0.6 is 0 Å². The Labute approximate surface area is 185 Å². The van der Waals surface area contributed by atoms with E-state index in [1.54, 1.807) is 0 Å². The highest BCUT2D eigenvalue weighted by atomic mass is 19.4. The summed E-state index contributed by atoms with van der Waals surface area (Å²) in [7, 11) is 0. The van der Waals surface area contributed by atoms with Gasteiger partial charge in [-0.25, -0.2) is 0 Å². The molecule has 0 radical (unpaired) electrons. The average Bonchev–Trinajstić information content (AvgIpc) is 3.13. The summed E-state index contributed by atoms with van der Waals surface area (Å²) in [6.07, 6.45) is 0.366. The van der Waals surface area contributed by atoms with Gasteiger partial charge in [-0.05, 0) is 67.5 Å². The van der Waals surface area contributed by atoms with Gasteiger partial charge in [-0.1, -0.05) is 12.1 Å². The third kappa shape index (κ3) is 5.23. The summed E-state index contributed by atoms with van der Waals surface area (Å²) in [6, 6.07) is 9.32. The first-order valence-electron chi connectivity index (χ1n) is 11.0. The minimum atomic E-state index is -4.47. The zero-order valence-electron chi connectivity index (χ0n) is 17.7. The Morgan fingerprint density at radius 1 is 1.06 bits per heavy atom. The molecule has 2 amide bonds. The zero-order valence-corrected chi connectivity index (χ0v) is 17.7. The van der Waals surface area contributed by atoms with Crippen LogP contribution in [-0.2, 0) is 28.6 Å². The second-order valence-electron chi connectivity index (χ2n) is 8.40. The van der Waals surface area contributed by atoms with Crippen LogP contribution in [0.15, 0.2) is 36.4 Å². The van der Waals surface area contributed by atoms with Gasteiger partial charge in [0.1, 0.15) is 0 Å². The fraction of sp³-hybridized carbons (Fsp3) is 0.417. The maximum atomic E-state index is 13.2. The molecule has 2 aliphatic heterocycles. The van der Waals surface area contributed by atoms with Gasteiger partial charge in [0, 0.05) is 25.2 Å². The van der Waals surface area contributed by atoms with Gasteiger partial charge in [0.2, 0.25) is 11.8 Å². The van der Waals surface area contributed by atoms with Gasteiger partial charge < -0.3 is 15.5 Å². The van der Waals surface area contributed by atoms with Crippen molar-refractivity contribution in [2.45, 2.75) is 51.1 Å². The highest BCUT2D eigenvalue weighted by Gasteiger charge is 2.32. The lowest BCUT2D eigenvalue weighted by molar-refractivity contribution is -0.137. The van der Waals surface area contributed by atoms with Gasteiger partial charge in [-0.2, -0.15) is 13.2 Å². The highest BCUT2D eigenvalue weighted by Crippen LogP contribution is 2.36. The molecule has 2 aromatic carbocycles. The second-order valence-corrected chi connectivity index (χ2v) is 8.40. The molecule has 0 aliphatic carbocycles. The topological polar surface area (TPSA) is 61.4 Å². The van der Waals surface area contributed by atoms with E-state index < -0.39 is 11.7 Å². The van der Waals surface area contributed by atoms with Crippen LogP contribution in [-0.4, -0.2) is 24.9 Å². The third-order valence-electron chi connectivity index (χ3n) is 5.96. The summed E-state index contributed by atoms with van der Waals surface area (Å²) in [4.78, 5) is 26.1. The lowest BCUT2D eigenvalue weighted by Crippen LogP contribution is -2.30. The predicted octanol–water partition coefficient (Wildman–Crippen LogP) is 5.15. The standard InChI is InChI=1S/C24H26F3N3O2/c25-24(26,27)18-8-10-21(30-11-2-1-3-12-30)20(15-18)29-22(31)6-4-5-16-7-9-19-17(13-16)14-23(32)28-19/h7-10,13,15H,1-6,11-12,14H2,(H,28,32)(H,29,31). The van der Waals surface area contributed by atoms with E-state index in [-0.39, 0.29) is 23.9 Å². The zero-order chi connectivity index (χ0) is 22.7. The lowest BCUT2D eigenvalue weighted by Gasteiger charge is -2.31. The molecule has 170 valence electrons. The Morgan fingerprint density at radius 3 is 2.59 bits per heavy atom. The maximum Gasteiger partial charge on any atom is 0.416 e. The average molecular weight is 445 g/mol. The first-order valence-corrected chi connectivity index (χ1v) is 11.0. The molecule has 2 N–H and O–H groups in total. The number of hydrogen-bond donors (Lipinski definition) is 2. The molecule has 4 rings (SSSR count). The van der Waals surface area contributed by atoms with Crippen molar-refractivity contribution in [1.29, 1.82) is 0 Å². The number of carbonyl (C=O) groups is 2. The Bertz CT molecular complexity index is 1010. The number of hydrogen-bond acceptors (Lipinski definition) is 3. The van der Waals surface area contributed by atoms with E-state index in [4.69, 9.17) is 0 Å². The van der Waals surface area contributed by atoms with Crippen molar-refractivity contribution in [3.8, 4) is 0 Å². The number of anilines is 3.